The molecule has 280 valence electrons. The predicted molar refractivity (Wildman–Crippen MR) is 207 cm³/mol. The minimum Gasteiger partial charge on any atom is -0.497 e. The predicted octanol–water partition coefficient (Wildman–Crippen LogP) is 7.84. The van der Waals surface area contributed by atoms with E-state index in [4.69, 9.17) is 18.9 Å². The van der Waals surface area contributed by atoms with Gasteiger partial charge in [0.15, 0.2) is 0 Å². The number of piperidine rings is 1. The molecule has 7 rings (SSSR count). The van der Waals surface area contributed by atoms with E-state index in [1.807, 2.05) is 39.0 Å². The Morgan fingerprint density at radius 3 is 2.13 bits per heavy atom. The van der Waals surface area contributed by atoms with Crippen LogP contribution >= 0.6 is 0 Å². The monoisotopic (exact) mass is 720 g/mol. The van der Waals surface area contributed by atoms with E-state index in [2.05, 4.69) is 75.0 Å². The van der Waals surface area contributed by atoms with Crippen LogP contribution < -0.4 is 9.47 Å². The van der Waals surface area contributed by atoms with E-state index in [9.17, 15) is 4.79 Å². The first-order chi connectivity index (χ1) is 25.6. The lowest BCUT2D eigenvalue weighted by Gasteiger charge is -2.40. The standard InChI is InChI=1S/C43H52N4O6/c1-43(2,3)53-42(49)45-18-17-35(37-27-46(40-14-10-8-12-36(37)40)24-29-21-32(51-5)23-33(22-29)52-6)38(28-45)41(48)47(31-15-16-31)26-30-25-44(19-20-50-4)39-13-9-7-11-34(30)39/h7-14,21-23,25,27,31,35,38H,15-20,24,26,28H2,1-6H3/t35-,38+/m1/s1. The molecule has 53 heavy (non-hydrogen) atoms. The smallest absolute Gasteiger partial charge is 0.410 e. The van der Waals surface area contributed by atoms with Crippen molar-refractivity contribution in [2.24, 2.45) is 5.92 Å². The molecule has 2 aromatic heterocycles. The maximum Gasteiger partial charge on any atom is 0.410 e. The first kappa shape index (κ1) is 36.4. The summed E-state index contributed by atoms with van der Waals surface area (Å²) in [5.74, 6) is 1.01. The Hall–Kier alpha value is -4.96. The molecule has 0 spiro atoms. The van der Waals surface area contributed by atoms with E-state index >= 15 is 4.79 Å². The van der Waals surface area contributed by atoms with E-state index in [-0.39, 0.29) is 24.0 Å². The fourth-order valence-electron chi connectivity index (χ4n) is 7.92. The van der Waals surface area contributed by atoms with Crippen molar-refractivity contribution in [1.82, 2.24) is 18.9 Å². The van der Waals surface area contributed by atoms with E-state index in [0.717, 1.165) is 69.4 Å². The topological polar surface area (TPSA) is 87.4 Å². The minimum atomic E-state index is -0.638. The number of amides is 2. The summed E-state index contributed by atoms with van der Waals surface area (Å²) < 4.78 is 26.9. The summed E-state index contributed by atoms with van der Waals surface area (Å²) in [5, 5.41) is 2.27. The Balaban J connectivity index is 1.26. The number of nitrogens with zero attached hydrogens (tertiary/aromatic N) is 4. The zero-order valence-electron chi connectivity index (χ0n) is 31.8. The molecule has 5 aromatic rings. The summed E-state index contributed by atoms with van der Waals surface area (Å²) in [4.78, 5) is 32.6. The normalized spacial score (nSPS) is 17.7. The summed E-state index contributed by atoms with van der Waals surface area (Å²) in [7, 11) is 5.04. The highest BCUT2D eigenvalue weighted by atomic mass is 16.6. The molecule has 0 N–H and O–H groups in total. The fraction of sp³-hybridized carbons (Fsp3) is 0.442. The summed E-state index contributed by atoms with van der Waals surface area (Å²) in [6.45, 7) is 8.89. The van der Waals surface area contributed by atoms with Crippen molar-refractivity contribution in [3.05, 3.63) is 95.8 Å². The van der Waals surface area contributed by atoms with Gasteiger partial charge in [-0.3, -0.25) is 4.79 Å². The highest BCUT2D eigenvalue weighted by Gasteiger charge is 2.44. The zero-order valence-corrected chi connectivity index (χ0v) is 31.8. The SMILES string of the molecule is COCCn1cc(CN(C(=O)[C@H]2CN(C(=O)OC(C)(C)C)CC[C@@H]2c2cn(Cc3cc(OC)cc(OC)c3)c3ccccc23)C2CC2)c2ccccc21. The Bertz CT molecular complexity index is 2070. The number of benzene rings is 3. The fourth-order valence-corrected chi connectivity index (χ4v) is 7.92. The number of carbonyl (C=O) groups excluding carboxylic acids is 2. The lowest BCUT2D eigenvalue weighted by molar-refractivity contribution is -0.139. The molecule has 10 nitrogen and oxygen atoms in total. The number of hydrogen-bond acceptors (Lipinski definition) is 6. The van der Waals surface area contributed by atoms with Gasteiger partial charge < -0.3 is 37.9 Å². The molecule has 2 aliphatic rings. The quantitative estimate of drug-likeness (QED) is 0.131. The second kappa shape index (κ2) is 15.2. The van der Waals surface area contributed by atoms with Crippen molar-refractivity contribution in [1.29, 1.82) is 0 Å². The van der Waals surface area contributed by atoms with Crippen LogP contribution in [0.15, 0.2) is 79.1 Å². The number of fused-ring (bicyclic) bond motifs is 2. The third-order valence-electron chi connectivity index (χ3n) is 10.6. The second-order valence-electron chi connectivity index (χ2n) is 15.4. The van der Waals surface area contributed by atoms with E-state index in [0.29, 0.717) is 39.2 Å². The number of rotatable bonds is 12. The van der Waals surface area contributed by atoms with E-state index < -0.39 is 11.5 Å². The van der Waals surface area contributed by atoms with Gasteiger partial charge in [0.1, 0.15) is 17.1 Å². The van der Waals surface area contributed by atoms with Gasteiger partial charge in [-0.2, -0.15) is 0 Å². The number of ether oxygens (including phenoxy) is 4. The average Bonchev–Trinajstić information content (AvgIpc) is 3.86. The van der Waals surface area contributed by atoms with Crippen LogP contribution in [0.25, 0.3) is 21.8 Å². The average molecular weight is 721 g/mol. The van der Waals surface area contributed by atoms with Crippen LogP contribution in [0.2, 0.25) is 0 Å². The summed E-state index contributed by atoms with van der Waals surface area (Å²) in [6, 6.07) is 22.9. The van der Waals surface area contributed by atoms with Crippen LogP contribution in [0.1, 0.15) is 62.6 Å². The zero-order chi connectivity index (χ0) is 37.3. The van der Waals surface area contributed by atoms with Gasteiger partial charge in [0, 0.05) is 92.1 Å². The van der Waals surface area contributed by atoms with Gasteiger partial charge in [-0.25, -0.2) is 4.79 Å². The Kier molecular flexibility index (Phi) is 10.4. The van der Waals surface area contributed by atoms with Crippen LogP contribution in [-0.4, -0.2) is 83.6 Å². The number of aromatic nitrogens is 2. The number of para-hydroxylation sites is 2. The lowest BCUT2D eigenvalue weighted by atomic mass is 9.79. The molecule has 0 radical (unpaired) electrons. The van der Waals surface area contributed by atoms with E-state index in [1.165, 1.54) is 0 Å². The van der Waals surface area contributed by atoms with Crippen molar-refractivity contribution < 1.29 is 28.5 Å². The molecule has 2 amide bonds. The van der Waals surface area contributed by atoms with Gasteiger partial charge in [-0.1, -0.05) is 36.4 Å². The molecule has 1 saturated heterocycles. The molecule has 1 aliphatic heterocycles. The number of hydrogen-bond donors (Lipinski definition) is 0. The highest BCUT2D eigenvalue weighted by Crippen LogP contribution is 2.42. The number of likely N-dealkylation sites (tertiary alicyclic amines) is 1. The molecule has 1 aliphatic carbocycles. The molecule has 10 heteroatoms. The summed E-state index contributed by atoms with van der Waals surface area (Å²) in [6.07, 6.45) is 6.62. The summed E-state index contributed by atoms with van der Waals surface area (Å²) >= 11 is 0. The Morgan fingerprint density at radius 2 is 1.49 bits per heavy atom. The molecule has 3 heterocycles. The van der Waals surface area contributed by atoms with Crippen molar-refractivity contribution >= 4 is 33.8 Å². The maximum absolute atomic E-state index is 15.2. The first-order valence-corrected chi connectivity index (χ1v) is 18.7. The van der Waals surface area contributed by atoms with Crippen LogP contribution in [0, 0.1) is 5.92 Å². The molecule has 2 fully saturated rings. The van der Waals surface area contributed by atoms with Crippen molar-refractivity contribution in [2.45, 2.75) is 77.2 Å². The molecule has 0 unspecified atom stereocenters. The van der Waals surface area contributed by atoms with Gasteiger partial charge in [0.25, 0.3) is 0 Å². The minimum absolute atomic E-state index is 0.0915. The Labute approximate surface area is 312 Å². The summed E-state index contributed by atoms with van der Waals surface area (Å²) in [5.41, 5.74) is 4.89. The van der Waals surface area contributed by atoms with Crippen LogP contribution in [-0.2, 0) is 33.9 Å². The molecule has 0 bridgehead atoms. The largest absolute Gasteiger partial charge is 0.497 e. The Morgan fingerprint density at radius 1 is 0.830 bits per heavy atom. The van der Waals surface area contributed by atoms with Crippen molar-refractivity contribution in [3.63, 3.8) is 0 Å². The molecular formula is C43H52N4O6. The highest BCUT2D eigenvalue weighted by molar-refractivity contribution is 5.88. The van der Waals surface area contributed by atoms with E-state index in [1.54, 1.807) is 26.2 Å². The van der Waals surface area contributed by atoms with Gasteiger partial charge in [-0.15, -0.1) is 0 Å². The molecular weight excluding hydrogens is 668 g/mol. The molecule has 3 aromatic carbocycles. The second-order valence-corrected chi connectivity index (χ2v) is 15.4. The number of carbonyl (C=O) groups is 2. The number of methoxy groups -OCH3 is 3. The molecule has 2 atom stereocenters. The third kappa shape index (κ3) is 7.88. The van der Waals surface area contributed by atoms with Crippen LogP contribution in [0.4, 0.5) is 4.79 Å². The van der Waals surface area contributed by atoms with Gasteiger partial charge in [0.2, 0.25) is 5.91 Å². The van der Waals surface area contributed by atoms with Crippen molar-refractivity contribution in [3.8, 4) is 11.5 Å². The van der Waals surface area contributed by atoms with Crippen molar-refractivity contribution in [2.75, 3.05) is 41.0 Å². The van der Waals surface area contributed by atoms with Gasteiger partial charge in [-0.05, 0) is 81.0 Å². The first-order valence-electron chi connectivity index (χ1n) is 18.7. The van der Waals surface area contributed by atoms with Gasteiger partial charge in [0.05, 0.1) is 26.7 Å². The third-order valence-corrected chi connectivity index (χ3v) is 10.6. The van der Waals surface area contributed by atoms with Gasteiger partial charge >= 0.3 is 6.09 Å². The lowest BCUT2D eigenvalue weighted by Crippen LogP contribution is -2.51. The van der Waals surface area contributed by atoms with Crippen LogP contribution in [0.5, 0.6) is 11.5 Å². The molecule has 1 saturated carbocycles. The maximum atomic E-state index is 15.2. The van der Waals surface area contributed by atoms with Crippen LogP contribution in [0.3, 0.4) is 0 Å².